The Bertz CT molecular complexity index is 860. The van der Waals surface area contributed by atoms with Gasteiger partial charge >= 0.3 is 0 Å². The molecule has 1 fully saturated rings. The highest BCUT2D eigenvalue weighted by Gasteiger charge is 2.23. The number of aliphatic imine (C=N–C) groups is 1. The first-order valence-corrected chi connectivity index (χ1v) is 11.8. The summed E-state index contributed by atoms with van der Waals surface area (Å²) in [6, 6.07) is 14.0. The standard InChI is InChI=1S/C19H27N5O2S2.HI/c1-2-20-19(21-11-12-22-28(25,26)18-9-6-14-27-18)23-16-10-13-24(15-16)17-7-4-3-5-8-17;/h3-9,14,16,22H,2,10-13,15H2,1H3,(H2,20,21,23);1H. The number of guanidine groups is 1. The molecule has 0 radical (unpaired) electrons. The lowest BCUT2D eigenvalue weighted by Gasteiger charge is -2.20. The number of nitrogens with zero attached hydrogens (tertiary/aromatic N) is 2. The summed E-state index contributed by atoms with van der Waals surface area (Å²) < 4.78 is 27.2. The molecule has 1 unspecified atom stereocenters. The molecule has 2 aromatic rings. The maximum atomic E-state index is 12.1. The second-order valence-electron chi connectivity index (χ2n) is 6.50. The van der Waals surface area contributed by atoms with Gasteiger partial charge in [-0.2, -0.15) is 0 Å². The predicted octanol–water partition coefficient (Wildman–Crippen LogP) is 2.48. The van der Waals surface area contributed by atoms with E-state index in [2.05, 4.69) is 49.5 Å². The fourth-order valence-electron chi connectivity index (χ4n) is 3.10. The highest BCUT2D eigenvalue weighted by molar-refractivity contribution is 14.0. The molecule has 0 saturated carbocycles. The smallest absolute Gasteiger partial charge is 0.250 e. The maximum Gasteiger partial charge on any atom is 0.250 e. The molecule has 160 valence electrons. The largest absolute Gasteiger partial charge is 0.369 e. The third-order valence-corrected chi connectivity index (χ3v) is 7.29. The van der Waals surface area contributed by atoms with Crippen LogP contribution in [0.15, 0.2) is 57.0 Å². The van der Waals surface area contributed by atoms with Gasteiger partial charge in [0, 0.05) is 37.9 Å². The van der Waals surface area contributed by atoms with Gasteiger partial charge in [0.25, 0.3) is 0 Å². The van der Waals surface area contributed by atoms with E-state index in [1.54, 1.807) is 17.5 Å². The quantitative estimate of drug-likeness (QED) is 0.204. The van der Waals surface area contributed by atoms with Crippen molar-refractivity contribution in [1.29, 1.82) is 0 Å². The number of rotatable bonds is 8. The topological polar surface area (TPSA) is 85.8 Å². The molecule has 3 N–H and O–H groups in total. The number of halogens is 1. The van der Waals surface area contributed by atoms with Gasteiger partial charge in [0.2, 0.25) is 10.0 Å². The van der Waals surface area contributed by atoms with Gasteiger partial charge in [-0.15, -0.1) is 35.3 Å². The third kappa shape index (κ3) is 7.12. The lowest BCUT2D eigenvalue weighted by atomic mass is 10.3. The lowest BCUT2D eigenvalue weighted by Crippen LogP contribution is -2.45. The van der Waals surface area contributed by atoms with E-state index in [1.165, 1.54) is 17.0 Å². The number of thiophene rings is 1. The first kappa shape index (κ1) is 23.9. The monoisotopic (exact) mass is 549 g/mol. The SMILES string of the molecule is CCNC(=NCCNS(=O)(=O)c1cccs1)NC1CCN(c2ccccc2)C1.I. The molecule has 2 heterocycles. The molecule has 0 spiro atoms. The molecular weight excluding hydrogens is 521 g/mol. The van der Waals surface area contributed by atoms with E-state index in [0.717, 1.165) is 32.0 Å². The van der Waals surface area contributed by atoms with E-state index in [9.17, 15) is 8.42 Å². The average molecular weight is 550 g/mol. The Morgan fingerprint density at radius 1 is 1.24 bits per heavy atom. The first-order valence-electron chi connectivity index (χ1n) is 9.46. The van der Waals surface area contributed by atoms with Gasteiger partial charge in [-0.1, -0.05) is 24.3 Å². The van der Waals surface area contributed by atoms with Crippen molar-refractivity contribution in [2.24, 2.45) is 4.99 Å². The molecule has 1 atom stereocenters. The van der Waals surface area contributed by atoms with Crippen LogP contribution in [0.2, 0.25) is 0 Å². The van der Waals surface area contributed by atoms with Crippen molar-refractivity contribution in [2.75, 3.05) is 37.6 Å². The first-order chi connectivity index (χ1) is 13.6. The number of para-hydroxylation sites is 1. The van der Waals surface area contributed by atoms with Gasteiger partial charge in [0.05, 0.1) is 6.54 Å². The molecule has 3 rings (SSSR count). The number of hydrogen-bond acceptors (Lipinski definition) is 5. The fraction of sp³-hybridized carbons (Fsp3) is 0.421. The summed E-state index contributed by atoms with van der Waals surface area (Å²) in [4.78, 5) is 6.87. The lowest BCUT2D eigenvalue weighted by molar-refractivity contribution is 0.584. The molecular formula is C19H28IN5O2S2. The number of sulfonamides is 1. The van der Waals surface area contributed by atoms with Gasteiger partial charge < -0.3 is 15.5 Å². The van der Waals surface area contributed by atoms with Gasteiger partial charge in [-0.25, -0.2) is 13.1 Å². The van der Waals surface area contributed by atoms with E-state index >= 15 is 0 Å². The molecule has 1 aromatic carbocycles. The Kier molecular flexibility index (Phi) is 9.66. The van der Waals surface area contributed by atoms with Crippen molar-refractivity contribution >= 4 is 57.0 Å². The Balaban J connectivity index is 0.00000300. The number of nitrogens with one attached hydrogen (secondary N) is 3. The van der Waals surface area contributed by atoms with E-state index in [-0.39, 0.29) is 30.5 Å². The zero-order valence-electron chi connectivity index (χ0n) is 16.4. The number of hydrogen-bond donors (Lipinski definition) is 3. The zero-order chi connectivity index (χ0) is 19.8. The maximum absolute atomic E-state index is 12.1. The van der Waals surface area contributed by atoms with Gasteiger partial charge in [-0.3, -0.25) is 4.99 Å². The van der Waals surface area contributed by atoms with Crippen LogP contribution in [0.3, 0.4) is 0 Å². The third-order valence-electron chi connectivity index (χ3n) is 4.43. The summed E-state index contributed by atoms with van der Waals surface area (Å²) in [5.41, 5.74) is 1.23. The van der Waals surface area contributed by atoms with Crippen LogP contribution in [0, 0.1) is 0 Å². The molecule has 10 heteroatoms. The summed E-state index contributed by atoms with van der Waals surface area (Å²) in [7, 11) is -3.44. The van der Waals surface area contributed by atoms with Crippen LogP contribution in [0.5, 0.6) is 0 Å². The van der Waals surface area contributed by atoms with Crippen molar-refractivity contribution in [2.45, 2.75) is 23.6 Å². The fourth-order valence-corrected chi connectivity index (χ4v) is 5.16. The highest BCUT2D eigenvalue weighted by Crippen LogP contribution is 2.19. The second-order valence-corrected chi connectivity index (χ2v) is 9.44. The van der Waals surface area contributed by atoms with Crippen LogP contribution in [-0.2, 0) is 10.0 Å². The Morgan fingerprint density at radius 3 is 2.72 bits per heavy atom. The summed E-state index contributed by atoms with van der Waals surface area (Å²) in [5.74, 6) is 0.720. The van der Waals surface area contributed by atoms with Crippen LogP contribution in [0.1, 0.15) is 13.3 Å². The van der Waals surface area contributed by atoms with Crippen LogP contribution < -0.4 is 20.3 Å². The van der Waals surface area contributed by atoms with E-state index in [1.807, 2.05) is 13.0 Å². The van der Waals surface area contributed by atoms with Gasteiger partial charge in [0.15, 0.2) is 5.96 Å². The normalized spacial score (nSPS) is 17.1. The van der Waals surface area contributed by atoms with Crippen LogP contribution >= 0.6 is 35.3 Å². The van der Waals surface area contributed by atoms with E-state index in [4.69, 9.17) is 0 Å². The highest BCUT2D eigenvalue weighted by atomic mass is 127. The van der Waals surface area contributed by atoms with Crippen molar-refractivity contribution in [3.63, 3.8) is 0 Å². The predicted molar refractivity (Wildman–Crippen MR) is 131 cm³/mol. The summed E-state index contributed by atoms with van der Waals surface area (Å²) in [5, 5.41) is 8.45. The van der Waals surface area contributed by atoms with Gasteiger partial charge in [0.1, 0.15) is 4.21 Å². The van der Waals surface area contributed by atoms with Crippen molar-refractivity contribution in [3.8, 4) is 0 Å². The van der Waals surface area contributed by atoms with E-state index in [0.29, 0.717) is 16.8 Å². The van der Waals surface area contributed by atoms with Crippen molar-refractivity contribution < 1.29 is 8.42 Å². The molecule has 29 heavy (non-hydrogen) atoms. The zero-order valence-corrected chi connectivity index (χ0v) is 20.3. The minimum absolute atomic E-state index is 0. The molecule has 1 aromatic heterocycles. The molecule has 1 saturated heterocycles. The van der Waals surface area contributed by atoms with Crippen LogP contribution in [0.4, 0.5) is 5.69 Å². The minimum Gasteiger partial charge on any atom is -0.369 e. The summed E-state index contributed by atoms with van der Waals surface area (Å²) in [6.07, 6.45) is 1.03. The van der Waals surface area contributed by atoms with Crippen LogP contribution in [0.25, 0.3) is 0 Å². The second kappa shape index (κ2) is 11.7. The van der Waals surface area contributed by atoms with Crippen molar-refractivity contribution in [1.82, 2.24) is 15.4 Å². The molecule has 7 nitrogen and oxygen atoms in total. The van der Waals surface area contributed by atoms with Crippen LogP contribution in [-0.4, -0.2) is 53.1 Å². The summed E-state index contributed by atoms with van der Waals surface area (Å²) in [6.45, 7) is 5.32. The average Bonchev–Trinajstić information content (AvgIpc) is 3.38. The Labute approximate surface area is 194 Å². The molecule has 0 aliphatic carbocycles. The molecule has 0 bridgehead atoms. The molecule has 0 amide bonds. The summed E-state index contributed by atoms with van der Waals surface area (Å²) >= 11 is 1.21. The van der Waals surface area contributed by atoms with Crippen molar-refractivity contribution in [3.05, 3.63) is 47.8 Å². The molecule has 1 aliphatic heterocycles. The number of benzene rings is 1. The Hall–Kier alpha value is -1.37. The van der Waals surface area contributed by atoms with Gasteiger partial charge in [-0.05, 0) is 36.9 Å². The molecule has 1 aliphatic rings. The minimum atomic E-state index is -3.44. The van der Waals surface area contributed by atoms with E-state index < -0.39 is 10.0 Å². The Morgan fingerprint density at radius 2 is 2.03 bits per heavy atom. The number of anilines is 1.